The molecule has 0 saturated heterocycles. The molecule has 0 fully saturated rings. The van der Waals surface area contributed by atoms with Crippen LogP contribution in [0.5, 0.6) is 0 Å². The van der Waals surface area contributed by atoms with Crippen molar-refractivity contribution in [3.8, 4) is 0 Å². The minimum atomic E-state index is -0.328. The van der Waals surface area contributed by atoms with Crippen molar-refractivity contribution in [2.24, 2.45) is 0 Å². The minimum absolute atomic E-state index is 0.328. The van der Waals surface area contributed by atoms with Crippen LogP contribution in [0.15, 0.2) is 0 Å². The van der Waals surface area contributed by atoms with Gasteiger partial charge in [-0.05, 0) is 0 Å². The summed E-state index contributed by atoms with van der Waals surface area (Å²) in [6.45, 7) is 9.47. The first-order chi connectivity index (χ1) is 5.26. The third-order valence-electron chi connectivity index (χ3n) is 2.77. The zero-order valence-electron chi connectivity index (χ0n) is 8.69. The van der Waals surface area contributed by atoms with Gasteiger partial charge in [0.15, 0.2) is 0 Å². The summed E-state index contributed by atoms with van der Waals surface area (Å²) in [5.41, 5.74) is 0. The van der Waals surface area contributed by atoms with Crippen LogP contribution in [0.1, 0.15) is 47.0 Å². The molecular weight excluding hydrogens is 147 g/mol. The van der Waals surface area contributed by atoms with Crippen LogP contribution in [0.25, 0.3) is 0 Å². The van der Waals surface area contributed by atoms with E-state index in [9.17, 15) is 0 Å². The smallest absolute Gasteiger partial charge is 0.0940 e. The van der Waals surface area contributed by atoms with Crippen LogP contribution in [-0.2, 0) is 0 Å². The lowest BCUT2D eigenvalue weighted by Gasteiger charge is -2.15. The normalized spacial score (nSPS) is 13.1. The second kappa shape index (κ2) is 7.20. The van der Waals surface area contributed by atoms with Gasteiger partial charge in [0, 0.05) is 0 Å². The molecule has 0 saturated carbocycles. The summed E-state index contributed by atoms with van der Waals surface area (Å²) < 4.78 is 1.08. The van der Waals surface area contributed by atoms with E-state index in [1.807, 2.05) is 0 Å². The van der Waals surface area contributed by atoms with E-state index in [0.717, 1.165) is 4.78 Å². The van der Waals surface area contributed by atoms with E-state index in [4.69, 9.17) is 0 Å². The highest BCUT2D eigenvalue weighted by Gasteiger charge is 2.20. The van der Waals surface area contributed by atoms with Gasteiger partial charge in [-0.2, -0.15) is 0 Å². The molecular formula is C10H23Al. The van der Waals surface area contributed by atoms with Crippen molar-refractivity contribution in [2.75, 3.05) is 0 Å². The van der Waals surface area contributed by atoms with E-state index in [0.29, 0.717) is 0 Å². The molecule has 0 rings (SSSR count). The Hall–Kier alpha value is 0.532. The standard InChI is InChI=1S/C4H9.2C3H7.Al/c1-3-4-2;2*1-3-2;/h3H,4H2,1-2H3;2*1,3H2,2H3;. The highest BCUT2D eigenvalue weighted by Crippen LogP contribution is 2.22. The van der Waals surface area contributed by atoms with Gasteiger partial charge in [0.05, 0.1) is 0 Å². The van der Waals surface area contributed by atoms with Gasteiger partial charge in [-0.25, -0.2) is 0 Å². The van der Waals surface area contributed by atoms with Crippen molar-refractivity contribution in [3.63, 3.8) is 0 Å². The van der Waals surface area contributed by atoms with Gasteiger partial charge in [-0.3, -0.25) is 0 Å². The number of rotatable bonds is 6. The molecule has 0 radical (unpaired) electrons. The topological polar surface area (TPSA) is 0 Å². The molecule has 0 aromatic heterocycles. The van der Waals surface area contributed by atoms with E-state index in [1.165, 1.54) is 19.3 Å². The van der Waals surface area contributed by atoms with Gasteiger partial charge in [0.25, 0.3) is 14.1 Å². The molecule has 1 unspecified atom stereocenters. The van der Waals surface area contributed by atoms with Crippen molar-refractivity contribution in [2.45, 2.75) is 62.3 Å². The third kappa shape index (κ3) is 4.88. The Bertz CT molecular complexity index is 74.9. The summed E-state index contributed by atoms with van der Waals surface area (Å²) in [4.78, 5) is 0. The van der Waals surface area contributed by atoms with E-state index in [2.05, 4.69) is 27.7 Å². The lowest BCUT2D eigenvalue weighted by atomic mass is 10.4. The summed E-state index contributed by atoms with van der Waals surface area (Å²) in [6, 6.07) is 0. The first-order valence-electron chi connectivity index (χ1n) is 5.26. The molecule has 0 N–H and O–H groups in total. The maximum absolute atomic E-state index is 2.46. The second-order valence-corrected chi connectivity index (χ2v) is 7.54. The van der Waals surface area contributed by atoms with Gasteiger partial charge < -0.3 is 0 Å². The average Bonchev–Trinajstić information content (AvgIpc) is 2.03. The quantitative estimate of drug-likeness (QED) is 0.526. The maximum atomic E-state index is 2.46. The molecule has 0 heterocycles. The van der Waals surface area contributed by atoms with Crippen molar-refractivity contribution in [1.29, 1.82) is 0 Å². The predicted molar refractivity (Wildman–Crippen MR) is 55.7 cm³/mol. The number of hydrogen-bond acceptors (Lipinski definition) is 0. The Balaban J connectivity index is 3.66. The van der Waals surface area contributed by atoms with Crippen LogP contribution in [0.3, 0.4) is 0 Å². The van der Waals surface area contributed by atoms with Crippen molar-refractivity contribution in [1.82, 2.24) is 0 Å². The molecule has 0 bridgehead atoms. The van der Waals surface area contributed by atoms with Gasteiger partial charge in [0.2, 0.25) is 0 Å². The van der Waals surface area contributed by atoms with Crippen LogP contribution in [-0.4, -0.2) is 14.1 Å². The first kappa shape index (κ1) is 11.5. The molecule has 11 heavy (non-hydrogen) atoms. The summed E-state index contributed by atoms with van der Waals surface area (Å²) >= 11 is -0.328. The second-order valence-electron chi connectivity index (χ2n) is 3.72. The Labute approximate surface area is 76.8 Å². The Morgan fingerprint density at radius 2 is 1.45 bits per heavy atom. The van der Waals surface area contributed by atoms with Crippen molar-refractivity contribution < 1.29 is 0 Å². The molecule has 0 amide bonds. The average molecular weight is 170 g/mol. The van der Waals surface area contributed by atoms with E-state index in [-0.39, 0.29) is 14.1 Å². The van der Waals surface area contributed by atoms with Crippen LogP contribution >= 0.6 is 0 Å². The van der Waals surface area contributed by atoms with Crippen molar-refractivity contribution in [3.05, 3.63) is 0 Å². The lowest BCUT2D eigenvalue weighted by Crippen LogP contribution is -2.17. The summed E-state index contributed by atoms with van der Waals surface area (Å²) in [7, 11) is 0. The summed E-state index contributed by atoms with van der Waals surface area (Å²) in [6.07, 6.45) is 4.25. The zero-order chi connectivity index (χ0) is 8.69. The fourth-order valence-electron chi connectivity index (χ4n) is 1.79. The van der Waals surface area contributed by atoms with Crippen LogP contribution in [0.2, 0.25) is 15.3 Å². The molecule has 1 atom stereocenters. The molecule has 0 aliphatic heterocycles. The zero-order valence-corrected chi connectivity index (χ0v) is 9.84. The minimum Gasteiger partial charge on any atom is -0.0940 e. The van der Waals surface area contributed by atoms with Crippen LogP contribution in [0.4, 0.5) is 0 Å². The fourth-order valence-corrected chi connectivity index (χ4v) is 5.36. The van der Waals surface area contributed by atoms with E-state index >= 15 is 0 Å². The highest BCUT2D eigenvalue weighted by molar-refractivity contribution is 6.60. The molecule has 1 heteroatoms. The molecule has 0 aliphatic rings. The molecule has 0 aromatic carbocycles. The van der Waals surface area contributed by atoms with Crippen molar-refractivity contribution >= 4 is 14.1 Å². The fraction of sp³-hybridized carbons (Fsp3) is 1.00. The molecule has 0 nitrogen and oxygen atoms in total. The van der Waals surface area contributed by atoms with Crippen LogP contribution < -0.4 is 0 Å². The van der Waals surface area contributed by atoms with Gasteiger partial charge in [-0.1, -0.05) is 62.3 Å². The SMILES string of the molecule is CC[CH2][Al]([CH2]CC)[CH](C)CC. The third-order valence-corrected chi connectivity index (χ3v) is 7.49. The maximum Gasteiger partial charge on any atom is 0.265 e. The predicted octanol–water partition coefficient (Wildman–Crippen LogP) is 4.10. The highest BCUT2D eigenvalue weighted by atomic mass is 27.2. The van der Waals surface area contributed by atoms with E-state index < -0.39 is 0 Å². The largest absolute Gasteiger partial charge is 0.265 e. The first-order valence-corrected chi connectivity index (χ1v) is 7.56. The monoisotopic (exact) mass is 170 g/mol. The van der Waals surface area contributed by atoms with Gasteiger partial charge in [0.1, 0.15) is 0 Å². The molecule has 0 aromatic rings. The lowest BCUT2D eigenvalue weighted by molar-refractivity contribution is 0.823. The van der Waals surface area contributed by atoms with Crippen LogP contribution in [0, 0.1) is 0 Å². The Morgan fingerprint density at radius 1 is 1.00 bits per heavy atom. The van der Waals surface area contributed by atoms with E-state index in [1.54, 1.807) is 10.6 Å². The Kier molecular flexibility index (Phi) is 7.54. The molecule has 66 valence electrons. The Morgan fingerprint density at radius 3 is 1.73 bits per heavy atom. The van der Waals surface area contributed by atoms with Gasteiger partial charge in [-0.15, -0.1) is 0 Å². The number of hydrogen-bond donors (Lipinski definition) is 0. The van der Waals surface area contributed by atoms with Gasteiger partial charge >= 0.3 is 0 Å². The summed E-state index contributed by atoms with van der Waals surface area (Å²) in [5, 5.41) is 3.14. The summed E-state index contributed by atoms with van der Waals surface area (Å²) in [5.74, 6) is 0. The molecule has 0 aliphatic carbocycles. The molecule has 0 spiro atoms.